The van der Waals surface area contributed by atoms with E-state index >= 15 is 0 Å². The van der Waals surface area contributed by atoms with Crippen molar-refractivity contribution in [1.29, 1.82) is 0 Å². The number of aryl methyl sites for hydroxylation is 1. The average Bonchev–Trinajstić information content (AvgIpc) is 2.80. The van der Waals surface area contributed by atoms with E-state index in [1.165, 1.54) is 14.1 Å². The van der Waals surface area contributed by atoms with Gasteiger partial charge < -0.3 is 9.84 Å². The normalized spacial score (nSPS) is 11.5. The molecule has 0 atom stereocenters. The first kappa shape index (κ1) is 17.7. The van der Waals surface area contributed by atoms with Crippen molar-refractivity contribution < 1.29 is 19.4 Å². The Kier molecular flexibility index (Phi) is 4.27. The van der Waals surface area contributed by atoms with Crippen molar-refractivity contribution in [2.75, 3.05) is 5.32 Å². The minimum absolute atomic E-state index is 0.0483. The molecule has 0 saturated carbocycles. The van der Waals surface area contributed by atoms with Crippen LogP contribution in [0.5, 0.6) is 0 Å². The quantitative estimate of drug-likeness (QED) is 0.839. The van der Waals surface area contributed by atoms with Crippen LogP contribution in [0.25, 0.3) is 10.2 Å². The topological polar surface area (TPSA) is 120 Å². The van der Waals surface area contributed by atoms with Crippen molar-refractivity contribution in [3.63, 3.8) is 0 Å². The van der Waals surface area contributed by atoms with Gasteiger partial charge in [-0.3, -0.25) is 19.2 Å². The number of amides is 1. The Bertz CT molecular complexity index is 960. The van der Waals surface area contributed by atoms with Gasteiger partial charge in [0.25, 0.3) is 5.56 Å². The second kappa shape index (κ2) is 5.78. The number of rotatable bonds is 2. The second-order valence-electron chi connectivity index (χ2n) is 6.12. The number of anilines is 1. The molecule has 130 valence electrons. The van der Waals surface area contributed by atoms with Gasteiger partial charge in [0.05, 0.1) is 11.1 Å². The fourth-order valence-electron chi connectivity index (χ4n) is 2.10. The number of carbonyl (C=O) groups is 2. The Hall–Kier alpha value is -2.62. The van der Waals surface area contributed by atoms with Gasteiger partial charge in [-0.05, 0) is 20.8 Å². The van der Waals surface area contributed by atoms with Crippen LogP contribution < -0.4 is 16.6 Å². The fraction of sp³-hybridized carbons (Fsp3) is 0.429. The number of aromatic carboxylic acids is 1. The zero-order valence-corrected chi connectivity index (χ0v) is 14.6. The molecule has 0 spiro atoms. The zero-order chi connectivity index (χ0) is 18.4. The van der Waals surface area contributed by atoms with Crippen LogP contribution >= 0.6 is 11.3 Å². The summed E-state index contributed by atoms with van der Waals surface area (Å²) in [6.07, 6.45) is -0.888. The monoisotopic (exact) mass is 355 g/mol. The highest BCUT2D eigenvalue weighted by molar-refractivity contribution is 7.21. The van der Waals surface area contributed by atoms with E-state index in [0.717, 1.165) is 20.5 Å². The van der Waals surface area contributed by atoms with Crippen molar-refractivity contribution in [1.82, 2.24) is 9.13 Å². The van der Waals surface area contributed by atoms with E-state index in [4.69, 9.17) is 4.74 Å². The van der Waals surface area contributed by atoms with Crippen LogP contribution in [-0.2, 0) is 18.8 Å². The van der Waals surface area contributed by atoms with Gasteiger partial charge in [-0.1, -0.05) is 0 Å². The summed E-state index contributed by atoms with van der Waals surface area (Å²) in [5.41, 5.74) is -2.25. The molecule has 1 amide bonds. The first-order valence-electron chi connectivity index (χ1n) is 6.90. The Labute approximate surface area is 140 Å². The van der Waals surface area contributed by atoms with E-state index in [1.54, 1.807) is 20.8 Å². The molecule has 24 heavy (non-hydrogen) atoms. The Morgan fingerprint density at radius 3 is 2.25 bits per heavy atom. The molecule has 0 aliphatic heterocycles. The van der Waals surface area contributed by atoms with Gasteiger partial charge in [0.2, 0.25) is 0 Å². The third-order valence-electron chi connectivity index (χ3n) is 3.11. The summed E-state index contributed by atoms with van der Waals surface area (Å²) < 4.78 is 7.11. The summed E-state index contributed by atoms with van der Waals surface area (Å²) in [7, 11) is 2.70. The molecule has 2 heterocycles. The lowest BCUT2D eigenvalue weighted by molar-refractivity contribution is 0.0636. The van der Waals surface area contributed by atoms with Crippen molar-refractivity contribution in [3.8, 4) is 0 Å². The lowest BCUT2D eigenvalue weighted by Gasteiger charge is -2.19. The number of fused-ring (bicyclic) bond motifs is 1. The van der Waals surface area contributed by atoms with E-state index in [0.29, 0.717) is 0 Å². The Morgan fingerprint density at radius 1 is 1.17 bits per heavy atom. The summed E-state index contributed by atoms with van der Waals surface area (Å²) in [6.45, 7) is 4.96. The maximum absolute atomic E-state index is 12.4. The smallest absolute Gasteiger partial charge is 0.412 e. The first-order valence-corrected chi connectivity index (χ1v) is 7.71. The Balaban J connectivity index is 2.74. The molecular weight excluding hydrogens is 338 g/mol. The van der Waals surface area contributed by atoms with E-state index in [9.17, 15) is 24.3 Å². The number of thiophene rings is 1. The van der Waals surface area contributed by atoms with Crippen LogP contribution in [0.4, 0.5) is 10.5 Å². The first-order chi connectivity index (χ1) is 10.9. The van der Waals surface area contributed by atoms with Crippen LogP contribution in [0, 0.1) is 0 Å². The lowest BCUT2D eigenvalue weighted by Crippen LogP contribution is -2.36. The SMILES string of the molecule is Cn1c(=O)c2c(NC(=O)OC(C)(C)C)c(C(=O)O)sc2n(C)c1=O. The van der Waals surface area contributed by atoms with E-state index < -0.39 is 28.9 Å². The molecule has 0 bridgehead atoms. The van der Waals surface area contributed by atoms with Crippen LogP contribution in [0.1, 0.15) is 30.4 Å². The number of carboxylic acid groups (broad SMARTS) is 1. The van der Waals surface area contributed by atoms with Crippen molar-refractivity contribution in [2.24, 2.45) is 14.1 Å². The summed E-state index contributed by atoms with van der Waals surface area (Å²) in [4.78, 5) is 47.7. The number of nitrogens with one attached hydrogen (secondary N) is 1. The van der Waals surface area contributed by atoms with Gasteiger partial charge in [0.1, 0.15) is 15.3 Å². The molecule has 0 aliphatic carbocycles. The number of hydrogen-bond acceptors (Lipinski definition) is 6. The molecule has 9 nitrogen and oxygen atoms in total. The van der Waals surface area contributed by atoms with Crippen molar-refractivity contribution in [2.45, 2.75) is 26.4 Å². The number of hydrogen-bond donors (Lipinski definition) is 2. The zero-order valence-electron chi connectivity index (χ0n) is 13.8. The third-order valence-corrected chi connectivity index (χ3v) is 4.36. The van der Waals surface area contributed by atoms with Gasteiger partial charge in [-0.2, -0.15) is 0 Å². The standard InChI is InChI=1S/C14H17N3O6S/c1-14(2,3)23-12(21)15-7-6-9(18)16(4)13(22)17(5)10(6)24-8(7)11(19)20/h1-5H3,(H,15,21)(H,19,20). The van der Waals surface area contributed by atoms with Crippen LogP contribution in [0.15, 0.2) is 9.59 Å². The molecule has 0 radical (unpaired) electrons. The molecule has 0 saturated heterocycles. The highest BCUT2D eigenvalue weighted by Gasteiger charge is 2.26. The maximum Gasteiger partial charge on any atom is 0.412 e. The maximum atomic E-state index is 12.4. The highest BCUT2D eigenvalue weighted by Crippen LogP contribution is 2.33. The third kappa shape index (κ3) is 3.04. The van der Waals surface area contributed by atoms with E-state index in [-0.39, 0.29) is 20.8 Å². The van der Waals surface area contributed by atoms with E-state index in [2.05, 4.69) is 5.32 Å². The average molecular weight is 355 g/mol. The molecule has 2 N–H and O–H groups in total. The lowest BCUT2D eigenvalue weighted by atomic mass is 10.2. The predicted molar refractivity (Wildman–Crippen MR) is 89.1 cm³/mol. The number of carboxylic acids is 1. The summed E-state index contributed by atoms with van der Waals surface area (Å²) >= 11 is 0.735. The number of carbonyl (C=O) groups excluding carboxylic acids is 1. The van der Waals surface area contributed by atoms with Gasteiger partial charge in [0, 0.05) is 14.1 Å². The van der Waals surface area contributed by atoms with Gasteiger partial charge in [-0.15, -0.1) is 11.3 Å². The minimum atomic E-state index is -1.32. The van der Waals surface area contributed by atoms with E-state index in [1.807, 2.05) is 0 Å². The van der Waals surface area contributed by atoms with Crippen LogP contribution in [0.2, 0.25) is 0 Å². The van der Waals surface area contributed by atoms with Gasteiger partial charge in [0.15, 0.2) is 0 Å². The highest BCUT2D eigenvalue weighted by atomic mass is 32.1. The molecule has 10 heteroatoms. The molecule has 0 aliphatic rings. The minimum Gasteiger partial charge on any atom is -0.477 e. The molecule has 0 unspecified atom stereocenters. The second-order valence-corrected chi connectivity index (χ2v) is 7.12. The Morgan fingerprint density at radius 2 is 1.75 bits per heavy atom. The van der Waals surface area contributed by atoms with Crippen LogP contribution in [0.3, 0.4) is 0 Å². The number of aromatic nitrogens is 2. The van der Waals surface area contributed by atoms with Gasteiger partial charge in [-0.25, -0.2) is 14.4 Å². The molecule has 2 rings (SSSR count). The number of ether oxygens (including phenoxy) is 1. The van der Waals surface area contributed by atoms with Gasteiger partial charge >= 0.3 is 17.8 Å². The molecule has 2 aromatic rings. The molecule has 0 aromatic carbocycles. The van der Waals surface area contributed by atoms with Crippen molar-refractivity contribution in [3.05, 3.63) is 25.7 Å². The number of nitrogens with zero attached hydrogens (tertiary/aromatic N) is 2. The van der Waals surface area contributed by atoms with Crippen LogP contribution in [-0.4, -0.2) is 31.9 Å². The summed E-state index contributed by atoms with van der Waals surface area (Å²) in [5, 5.41) is 11.6. The van der Waals surface area contributed by atoms with Crippen molar-refractivity contribution >= 4 is 39.3 Å². The largest absolute Gasteiger partial charge is 0.477 e. The molecular formula is C14H17N3O6S. The fourth-order valence-corrected chi connectivity index (χ4v) is 3.14. The summed E-state index contributed by atoms with van der Waals surface area (Å²) in [5.74, 6) is -1.32. The summed E-state index contributed by atoms with van der Waals surface area (Å²) in [6, 6.07) is 0. The predicted octanol–water partition coefficient (Wildman–Crippen LogP) is 1.34. The molecule has 2 aromatic heterocycles. The molecule has 0 fully saturated rings.